The van der Waals surface area contributed by atoms with Crippen molar-refractivity contribution < 1.29 is 9.47 Å². The van der Waals surface area contributed by atoms with Crippen LogP contribution < -0.4 is 14.8 Å². The summed E-state index contributed by atoms with van der Waals surface area (Å²) in [6.07, 6.45) is 2.20. The van der Waals surface area contributed by atoms with Crippen LogP contribution in [0, 0.1) is 0 Å². The third-order valence-electron chi connectivity index (χ3n) is 3.46. The molecule has 0 fully saturated rings. The number of hydrogen-bond acceptors (Lipinski definition) is 3. The summed E-state index contributed by atoms with van der Waals surface area (Å²) in [5.74, 6) is 1.76. The third kappa shape index (κ3) is 7.20. The van der Waals surface area contributed by atoms with E-state index in [4.69, 9.17) is 9.47 Å². The average Bonchev–Trinajstić information content (AvgIpc) is 2.58. The Morgan fingerprint density at radius 3 is 2.13 bits per heavy atom. The molecule has 0 radical (unpaired) electrons. The Morgan fingerprint density at radius 2 is 1.48 bits per heavy atom. The topological polar surface area (TPSA) is 30.5 Å². The first kappa shape index (κ1) is 17.4. The molecular weight excluding hydrogens is 286 g/mol. The van der Waals surface area contributed by atoms with Crippen LogP contribution in [-0.4, -0.2) is 19.2 Å². The molecule has 0 unspecified atom stereocenters. The lowest BCUT2D eigenvalue weighted by molar-refractivity contribution is 0.297. The van der Waals surface area contributed by atoms with E-state index < -0.39 is 0 Å². The highest BCUT2D eigenvalue weighted by atomic mass is 16.5. The predicted octanol–water partition coefficient (Wildman–Crippen LogP) is 4.42. The van der Waals surface area contributed by atoms with Gasteiger partial charge in [-0.1, -0.05) is 44.2 Å². The minimum Gasteiger partial charge on any atom is -0.494 e. The lowest BCUT2D eigenvalue weighted by atomic mass is 10.2. The van der Waals surface area contributed by atoms with Crippen molar-refractivity contribution in [1.82, 2.24) is 5.32 Å². The van der Waals surface area contributed by atoms with Gasteiger partial charge < -0.3 is 14.8 Å². The van der Waals surface area contributed by atoms with Crippen LogP contribution in [0.4, 0.5) is 0 Å². The van der Waals surface area contributed by atoms with Crippen molar-refractivity contribution in [2.45, 2.75) is 39.3 Å². The maximum Gasteiger partial charge on any atom is 0.120 e. The first-order valence-electron chi connectivity index (χ1n) is 8.37. The van der Waals surface area contributed by atoms with E-state index in [2.05, 4.69) is 31.3 Å². The fraction of sp³-hybridized carbons (Fsp3) is 0.400. The Kier molecular flexibility index (Phi) is 7.47. The van der Waals surface area contributed by atoms with Crippen LogP contribution in [0.2, 0.25) is 0 Å². The molecular formula is C20H27NO2. The highest BCUT2D eigenvalue weighted by Gasteiger charge is 1.98. The number of nitrogens with one attached hydrogen (secondary N) is 1. The second kappa shape index (κ2) is 9.90. The molecule has 2 aromatic carbocycles. The predicted molar refractivity (Wildman–Crippen MR) is 95.1 cm³/mol. The molecule has 0 aliphatic carbocycles. The molecule has 3 heteroatoms. The van der Waals surface area contributed by atoms with Gasteiger partial charge in [-0.25, -0.2) is 0 Å². The van der Waals surface area contributed by atoms with Crippen LogP contribution >= 0.6 is 0 Å². The Morgan fingerprint density at radius 1 is 0.826 bits per heavy atom. The van der Waals surface area contributed by atoms with Crippen LogP contribution in [-0.2, 0) is 6.61 Å². The van der Waals surface area contributed by atoms with Gasteiger partial charge in [-0.15, -0.1) is 0 Å². The van der Waals surface area contributed by atoms with Crippen molar-refractivity contribution in [3.63, 3.8) is 0 Å². The highest BCUT2D eigenvalue weighted by molar-refractivity contribution is 5.31. The van der Waals surface area contributed by atoms with Gasteiger partial charge in [0.2, 0.25) is 0 Å². The van der Waals surface area contributed by atoms with Gasteiger partial charge in [0, 0.05) is 6.04 Å². The van der Waals surface area contributed by atoms with Crippen molar-refractivity contribution in [1.29, 1.82) is 0 Å². The summed E-state index contributed by atoms with van der Waals surface area (Å²) in [5.41, 5.74) is 1.17. The van der Waals surface area contributed by atoms with E-state index in [1.54, 1.807) is 0 Å². The maximum atomic E-state index is 5.76. The summed E-state index contributed by atoms with van der Waals surface area (Å²) in [6, 6.07) is 18.6. The largest absolute Gasteiger partial charge is 0.494 e. The van der Waals surface area contributed by atoms with Gasteiger partial charge in [0.1, 0.15) is 18.1 Å². The van der Waals surface area contributed by atoms with Gasteiger partial charge in [0.25, 0.3) is 0 Å². The molecule has 0 aliphatic heterocycles. The minimum atomic E-state index is 0.555. The summed E-state index contributed by atoms with van der Waals surface area (Å²) in [7, 11) is 0. The summed E-state index contributed by atoms with van der Waals surface area (Å²) in [5, 5.41) is 3.41. The van der Waals surface area contributed by atoms with Gasteiger partial charge >= 0.3 is 0 Å². The third-order valence-corrected chi connectivity index (χ3v) is 3.46. The summed E-state index contributed by atoms with van der Waals surface area (Å²) in [6.45, 7) is 6.72. The lowest BCUT2D eigenvalue weighted by Gasteiger charge is -2.10. The maximum absolute atomic E-state index is 5.76. The first-order valence-corrected chi connectivity index (χ1v) is 8.37. The Balaban J connectivity index is 1.64. The van der Waals surface area contributed by atoms with E-state index in [0.29, 0.717) is 12.6 Å². The number of unbranched alkanes of at least 4 members (excludes halogenated alkanes) is 1. The van der Waals surface area contributed by atoms with E-state index >= 15 is 0 Å². The molecule has 2 aromatic rings. The standard InChI is InChI=1S/C20H27NO2/c1-17(2)21-14-6-7-15-22-19-10-12-20(13-11-19)23-16-18-8-4-3-5-9-18/h3-5,8-13,17,21H,6-7,14-16H2,1-2H3. The normalized spacial score (nSPS) is 10.7. The van der Waals surface area contributed by atoms with Gasteiger partial charge in [0.15, 0.2) is 0 Å². The van der Waals surface area contributed by atoms with E-state index in [1.165, 1.54) is 5.56 Å². The van der Waals surface area contributed by atoms with Crippen LogP contribution in [0.25, 0.3) is 0 Å². The van der Waals surface area contributed by atoms with E-state index in [9.17, 15) is 0 Å². The molecule has 23 heavy (non-hydrogen) atoms. The number of rotatable bonds is 10. The SMILES string of the molecule is CC(C)NCCCCOc1ccc(OCc2ccccc2)cc1. The Labute approximate surface area is 139 Å². The van der Waals surface area contributed by atoms with Gasteiger partial charge in [0.05, 0.1) is 6.61 Å². The molecule has 0 aromatic heterocycles. The molecule has 0 bridgehead atoms. The quantitative estimate of drug-likeness (QED) is 0.659. The minimum absolute atomic E-state index is 0.555. The summed E-state index contributed by atoms with van der Waals surface area (Å²) in [4.78, 5) is 0. The zero-order chi connectivity index (χ0) is 16.3. The fourth-order valence-electron chi connectivity index (χ4n) is 2.18. The average molecular weight is 313 g/mol. The van der Waals surface area contributed by atoms with Gasteiger partial charge in [-0.05, 0) is 49.2 Å². The second-order valence-corrected chi connectivity index (χ2v) is 5.91. The van der Waals surface area contributed by atoms with E-state index in [1.807, 2.05) is 42.5 Å². The second-order valence-electron chi connectivity index (χ2n) is 5.91. The van der Waals surface area contributed by atoms with Crippen LogP contribution in [0.5, 0.6) is 11.5 Å². The molecule has 0 aliphatic rings. The molecule has 0 saturated heterocycles. The zero-order valence-electron chi connectivity index (χ0n) is 14.1. The number of ether oxygens (including phenoxy) is 2. The van der Waals surface area contributed by atoms with Crippen LogP contribution in [0.3, 0.4) is 0 Å². The number of benzene rings is 2. The van der Waals surface area contributed by atoms with Crippen LogP contribution in [0.1, 0.15) is 32.3 Å². The number of hydrogen-bond donors (Lipinski definition) is 1. The van der Waals surface area contributed by atoms with E-state index in [-0.39, 0.29) is 0 Å². The summed E-state index contributed by atoms with van der Waals surface area (Å²) < 4.78 is 11.5. The van der Waals surface area contributed by atoms with Crippen molar-refractivity contribution in [2.24, 2.45) is 0 Å². The molecule has 0 amide bonds. The van der Waals surface area contributed by atoms with Crippen molar-refractivity contribution in [2.75, 3.05) is 13.2 Å². The monoisotopic (exact) mass is 313 g/mol. The summed E-state index contributed by atoms with van der Waals surface area (Å²) >= 11 is 0. The smallest absolute Gasteiger partial charge is 0.120 e. The van der Waals surface area contributed by atoms with E-state index in [0.717, 1.165) is 37.5 Å². The fourth-order valence-corrected chi connectivity index (χ4v) is 2.18. The Bertz CT molecular complexity index is 537. The first-order chi connectivity index (χ1) is 11.2. The zero-order valence-corrected chi connectivity index (χ0v) is 14.1. The van der Waals surface area contributed by atoms with Gasteiger partial charge in [-0.2, -0.15) is 0 Å². The van der Waals surface area contributed by atoms with Crippen molar-refractivity contribution >= 4 is 0 Å². The van der Waals surface area contributed by atoms with Crippen molar-refractivity contribution in [3.8, 4) is 11.5 Å². The molecule has 0 spiro atoms. The lowest BCUT2D eigenvalue weighted by Crippen LogP contribution is -2.23. The molecule has 3 nitrogen and oxygen atoms in total. The molecule has 0 saturated carbocycles. The van der Waals surface area contributed by atoms with Gasteiger partial charge in [-0.3, -0.25) is 0 Å². The Hall–Kier alpha value is -2.00. The molecule has 124 valence electrons. The molecule has 2 rings (SSSR count). The van der Waals surface area contributed by atoms with Crippen molar-refractivity contribution in [3.05, 3.63) is 60.2 Å². The molecule has 0 heterocycles. The molecule has 0 atom stereocenters. The highest BCUT2D eigenvalue weighted by Crippen LogP contribution is 2.19. The molecule has 1 N–H and O–H groups in total. The van der Waals surface area contributed by atoms with Crippen LogP contribution in [0.15, 0.2) is 54.6 Å².